The molecule has 2 nitrogen and oxygen atoms in total. The van der Waals surface area contributed by atoms with Gasteiger partial charge in [0.15, 0.2) is 0 Å². The van der Waals surface area contributed by atoms with Gasteiger partial charge in [0.05, 0.1) is 0 Å². The van der Waals surface area contributed by atoms with Crippen molar-refractivity contribution >= 4 is 16.5 Å². The van der Waals surface area contributed by atoms with Gasteiger partial charge >= 0.3 is 0 Å². The summed E-state index contributed by atoms with van der Waals surface area (Å²) in [4.78, 5) is 0. The molecule has 102 valence electrons. The Labute approximate surface area is 116 Å². The Morgan fingerprint density at radius 2 is 1.68 bits per heavy atom. The van der Waals surface area contributed by atoms with Crippen LogP contribution in [0.15, 0.2) is 36.4 Å². The lowest BCUT2D eigenvalue weighted by Crippen LogP contribution is -2.24. The molecule has 3 N–H and O–H groups in total. The molecule has 0 aliphatic heterocycles. The van der Waals surface area contributed by atoms with E-state index in [2.05, 4.69) is 56.4 Å². The minimum atomic E-state index is 0.682. The first kappa shape index (κ1) is 13.9. The number of nitrogen functional groups attached to an aromatic ring is 1. The van der Waals surface area contributed by atoms with Crippen LogP contribution in [-0.4, -0.2) is 6.54 Å². The molecular weight excluding hydrogens is 232 g/mol. The van der Waals surface area contributed by atoms with Crippen LogP contribution in [-0.2, 0) is 6.54 Å². The number of fused-ring (bicyclic) bond motifs is 1. The Bertz CT molecular complexity index is 546. The van der Waals surface area contributed by atoms with Gasteiger partial charge in [0.2, 0.25) is 0 Å². The zero-order chi connectivity index (χ0) is 13.8. The fourth-order valence-corrected chi connectivity index (χ4v) is 2.13. The summed E-state index contributed by atoms with van der Waals surface area (Å²) in [6, 6.07) is 12.6. The van der Waals surface area contributed by atoms with Crippen molar-refractivity contribution in [2.45, 2.75) is 27.3 Å². The van der Waals surface area contributed by atoms with E-state index < -0.39 is 0 Å². The normalized spacial score (nSPS) is 13.1. The van der Waals surface area contributed by atoms with Gasteiger partial charge in [0.25, 0.3) is 0 Å². The number of rotatable bonds is 5. The lowest BCUT2D eigenvalue weighted by Gasteiger charge is -2.17. The van der Waals surface area contributed by atoms with Crippen LogP contribution in [0.5, 0.6) is 0 Å². The lowest BCUT2D eigenvalue weighted by atomic mass is 9.98. The minimum Gasteiger partial charge on any atom is -0.398 e. The molecule has 2 aromatic rings. The predicted molar refractivity (Wildman–Crippen MR) is 84.1 cm³/mol. The first-order valence-corrected chi connectivity index (χ1v) is 7.06. The van der Waals surface area contributed by atoms with Crippen LogP contribution in [0.4, 0.5) is 5.69 Å². The summed E-state index contributed by atoms with van der Waals surface area (Å²) in [6.07, 6.45) is 0. The minimum absolute atomic E-state index is 0.682. The lowest BCUT2D eigenvalue weighted by molar-refractivity contribution is 0.392. The van der Waals surface area contributed by atoms with Crippen molar-refractivity contribution < 1.29 is 0 Å². The molecule has 0 fully saturated rings. The van der Waals surface area contributed by atoms with Crippen LogP contribution in [0.2, 0.25) is 0 Å². The van der Waals surface area contributed by atoms with E-state index in [1.807, 2.05) is 6.07 Å². The molecule has 2 heteroatoms. The van der Waals surface area contributed by atoms with E-state index in [0.717, 1.165) is 18.8 Å². The van der Waals surface area contributed by atoms with E-state index in [0.29, 0.717) is 11.8 Å². The van der Waals surface area contributed by atoms with Crippen molar-refractivity contribution in [1.82, 2.24) is 5.32 Å². The third-order valence-corrected chi connectivity index (χ3v) is 3.93. The van der Waals surface area contributed by atoms with Gasteiger partial charge in [0.1, 0.15) is 0 Å². The van der Waals surface area contributed by atoms with Gasteiger partial charge in [-0.25, -0.2) is 0 Å². The average molecular weight is 256 g/mol. The number of hydrogen-bond donors (Lipinski definition) is 2. The Morgan fingerprint density at radius 1 is 1.05 bits per heavy atom. The van der Waals surface area contributed by atoms with Crippen LogP contribution >= 0.6 is 0 Å². The average Bonchev–Trinajstić information content (AvgIpc) is 2.39. The third kappa shape index (κ3) is 3.48. The summed E-state index contributed by atoms with van der Waals surface area (Å²) in [6.45, 7) is 8.67. The number of benzene rings is 2. The summed E-state index contributed by atoms with van der Waals surface area (Å²) in [5.74, 6) is 1.39. The maximum atomic E-state index is 6.12. The molecule has 0 heterocycles. The molecule has 1 unspecified atom stereocenters. The monoisotopic (exact) mass is 256 g/mol. The van der Waals surface area contributed by atoms with Crippen LogP contribution in [0.1, 0.15) is 26.3 Å². The number of nitrogens with one attached hydrogen (secondary N) is 1. The molecule has 0 saturated carbocycles. The fourth-order valence-electron chi connectivity index (χ4n) is 2.13. The van der Waals surface area contributed by atoms with Gasteiger partial charge in [-0.15, -0.1) is 0 Å². The van der Waals surface area contributed by atoms with E-state index in [-0.39, 0.29) is 0 Å². The second-order valence-corrected chi connectivity index (χ2v) is 5.75. The highest BCUT2D eigenvalue weighted by molar-refractivity contribution is 5.86. The van der Waals surface area contributed by atoms with Crippen molar-refractivity contribution in [3.63, 3.8) is 0 Å². The highest BCUT2D eigenvalue weighted by Crippen LogP contribution is 2.21. The van der Waals surface area contributed by atoms with Crippen molar-refractivity contribution in [1.29, 1.82) is 0 Å². The summed E-state index contributed by atoms with van der Waals surface area (Å²) in [7, 11) is 0. The quantitative estimate of drug-likeness (QED) is 0.798. The third-order valence-electron chi connectivity index (χ3n) is 3.93. The van der Waals surface area contributed by atoms with E-state index in [1.165, 1.54) is 16.3 Å². The van der Waals surface area contributed by atoms with Crippen LogP contribution in [0.3, 0.4) is 0 Å². The fraction of sp³-hybridized carbons (Fsp3) is 0.412. The maximum absolute atomic E-state index is 6.12. The van der Waals surface area contributed by atoms with E-state index in [9.17, 15) is 0 Å². The van der Waals surface area contributed by atoms with Gasteiger partial charge in [-0.3, -0.25) is 0 Å². The zero-order valence-electron chi connectivity index (χ0n) is 12.1. The van der Waals surface area contributed by atoms with Gasteiger partial charge < -0.3 is 11.1 Å². The van der Waals surface area contributed by atoms with Crippen molar-refractivity contribution in [2.24, 2.45) is 11.8 Å². The molecule has 0 spiro atoms. The first-order valence-electron chi connectivity index (χ1n) is 7.06. The Morgan fingerprint density at radius 3 is 2.32 bits per heavy atom. The van der Waals surface area contributed by atoms with Gasteiger partial charge in [-0.2, -0.15) is 0 Å². The maximum Gasteiger partial charge on any atom is 0.0366 e. The van der Waals surface area contributed by atoms with E-state index in [4.69, 9.17) is 5.73 Å². The highest BCUT2D eigenvalue weighted by Gasteiger charge is 2.07. The Balaban J connectivity index is 2.06. The molecule has 1 atom stereocenters. The molecule has 0 radical (unpaired) electrons. The van der Waals surface area contributed by atoms with E-state index >= 15 is 0 Å². The van der Waals surface area contributed by atoms with Gasteiger partial charge in [-0.05, 0) is 46.8 Å². The molecule has 2 aromatic carbocycles. The number of nitrogens with two attached hydrogens (primary N) is 1. The van der Waals surface area contributed by atoms with Crippen LogP contribution in [0.25, 0.3) is 10.8 Å². The zero-order valence-corrected chi connectivity index (χ0v) is 12.1. The standard InChI is InChI=1S/C17H24N2/c1-12(2)13(3)10-19-11-16-8-14-6-4-5-7-15(14)9-17(16)18/h4-9,12-13,19H,10-11,18H2,1-3H3. The molecule has 2 rings (SSSR count). The highest BCUT2D eigenvalue weighted by atomic mass is 14.9. The molecule has 0 aromatic heterocycles. The van der Waals surface area contributed by atoms with Crippen molar-refractivity contribution in [3.8, 4) is 0 Å². The SMILES string of the molecule is CC(C)C(C)CNCc1cc2ccccc2cc1N. The largest absolute Gasteiger partial charge is 0.398 e. The Hall–Kier alpha value is -1.54. The molecule has 0 saturated heterocycles. The van der Waals surface area contributed by atoms with Gasteiger partial charge in [0, 0.05) is 12.2 Å². The van der Waals surface area contributed by atoms with Crippen molar-refractivity contribution in [3.05, 3.63) is 42.0 Å². The molecule has 0 aliphatic rings. The van der Waals surface area contributed by atoms with Crippen LogP contribution in [0, 0.1) is 11.8 Å². The summed E-state index contributed by atoms with van der Waals surface area (Å²) in [5, 5.41) is 5.97. The first-order chi connectivity index (χ1) is 9.08. The van der Waals surface area contributed by atoms with E-state index in [1.54, 1.807) is 0 Å². The smallest absolute Gasteiger partial charge is 0.0366 e. The van der Waals surface area contributed by atoms with Crippen LogP contribution < -0.4 is 11.1 Å². The molecule has 0 bridgehead atoms. The summed E-state index contributed by atoms with van der Waals surface area (Å²) in [5.41, 5.74) is 8.19. The topological polar surface area (TPSA) is 38.0 Å². The summed E-state index contributed by atoms with van der Waals surface area (Å²) >= 11 is 0. The molecular formula is C17H24N2. The molecule has 0 aliphatic carbocycles. The van der Waals surface area contributed by atoms with Gasteiger partial charge in [-0.1, -0.05) is 45.0 Å². The predicted octanol–water partition coefficient (Wildman–Crippen LogP) is 3.80. The Kier molecular flexibility index (Phi) is 4.43. The second-order valence-electron chi connectivity index (χ2n) is 5.75. The number of hydrogen-bond acceptors (Lipinski definition) is 2. The second kappa shape index (κ2) is 6.07. The van der Waals surface area contributed by atoms with Crippen molar-refractivity contribution in [2.75, 3.05) is 12.3 Å². The molecule has 19 heavy (non-hydrogen) atoms. The number of anilines is 1. The summed E-state index contributed by atoms with van der Waals surface area (Å²) < 4.78 is 0. The molecule has 0 amide bonds.